The van der Waals surface area contributed by atoms with Crippen molar-refractivity contribution in [3.63, 3.8) is 0 Å². The molecule has 0 saturated carbocycles. The molecule has 1 atom stereocenters. The molecule has 1 aliphatic rings. The third kappa shape index (κ3) is 4.08. The first-order valence-electron chi connectivity index (χ1n) is 8.45. The van der Waals surface area contributed by atoms with E-state index in [0.717, 1.165) is 16.0 Å². The lowest BCUT2D eigenvalue weighted by Crippen LogP contribution is -2.45. The van der Waals surface area contributed by atoms with Gasteiger partial charge in [0, 0.05) is 12.1 Å². The fourth-order valence-corrected chi connectivity index (χ4v) is 2.90. The summed E-state index contributed by atoms with van der Waals surface area (Å²) in [6.07, 6.45) is -0.357. The van der Waals surface area contributed by atoms with Crippen LogP contribution in [0.2, 0.25) is 0 Å². The maximum absolute atomic E-state index is 12.5. The normalized spacial score (nSPS) is 16.4. The highest BCUT2D eigenvalue weighted by molar-refractivity contribution is 6.04. The van der Waals surface area contributed by atoms with Crippen LogP contribution in [-0.4, -0.2) is 28.8 Å². The van der Waals surface area contributed by atoms with E-state index in [1.807, 2.05) is 55.5 Å². The number of aryl methyl sites for hydroxylation is 1. The van der Waals surface area contributed by atoms with E-state index in [2.05, 4.69) is 5.32 Å². The molecule has 3 rings (SSSR count). The number of likely N-dealkylation sites (tertiary alicyclic amines) is 1. The molecule has 6 heteroatoms. The lowest BCUT2D eigenvalue weighted by molar-refractivity contribution is -0.131. The van der Waals surface area contributed by atoms with E-state index in [1.165, 1.54) is 0 Å². The van der Waals surface area contributed by atoms with Crippen LogP contribution >= 0.6 is 0 Å². The van der Waals surface area contributed by atoms with Crippen LogP contribution in [0.5, 0.6) is 0 Å². The van der Waals surface area contributed by atoms with Gasteiger partial charge in [0.05, 0.1) is 0 Å². The van der Waals surface area contributed by atoms with Crippen LogP contribution < -0.4 is 5.32 Å². The number of anilines is 1. The van der Waals surface area contributed by atoms with Gasteiger partial charge in [-0.2, -0.15) is 0 Å². The molecule has 1 saturated heterocycles. The second kappa shape index (κ2) is 7.82. The van der Waals surface area contributed by atoms with Gasteiger partial charge in [-0.25, -0.2) is 9.69 Å². The van der Waals surface area contributed by atoms with Gasteiger partial charge < -0.3 is 10.1 Å². The Morgan fingerprint density at radius 3 is 2.65 bits per heavy atom. The van der Waals surface area contributed by atoms with Crippen LogP contribution in [0, 0.1) is 6.92 Å². The molecule has 26 heavy (non-hydrogen) atoms. The van der Waals surface area contributed by atoms with Gasteiger partial charge in [-0.3, -0.25) is 9.59 Å². The highest BCUT2D eigenvalue weighted by Gasteiger charge is 2.41. The van der Waals surface area contributed by atoms with Crippen molar-refractivity contribution in [2.75, 3.05) is 5.32 Å². The Labute approximate surface area is 151 Å². The molecule has 0 aromatic heterocycles. The van der Waals surface area contributed by atoms with Gasteiger partial charge in [0.2, 0.25) is 11.8 Å². The summed E-state index contributed by atoms with van der Waals surface area (Å²) in [5.41, 5.74) is 2.45. The van der Waals surface area contributed by atoms with Crippen LogP contribution in [-0.2, 0) is 20.9 Å². The van der Waals surface area contributed by atoms with Gasteiger partial charge in [-0.1, -0.05) is 42.5 Å². The molecule has 134 valence electrons. The van der Waals surface area contributed by atoms with Crippen molar-refractivity contribution in [2.45, 2.75) is 32.4 Å². The van der Waals surface area contributed by atoms with Crippen molar-refractivity contribution in [3.8, 4) is 0 Å². The van der Waals surface area contributed by atoms with E-state index in [1.54, 1.807) is 6.07 Å². The molecule has 1 N–H and O–H groups in total. The van der Waals surface area contributed by atoms with Gasteiger partial charge >= 0.3 is 6.09 Å². The highest BCUT2D eigenvalue weighted by Crippen LogP contribution is 2.22. The number of amides is 3. The van der Waals surface area contributed by atoms with Crippen LogP contribution in [0.15, 0.2) is 54.6 Å². The average molecular weight is 352 g/mol. The Bertz CT molecular complexity index is 820. The molecule has 6 nitrogen and oxygen atoms in total. The molecule has 3 amide bonds. The monoisotopic (exact) mass is 352 g/mol. The zero-order valence-corrected chi connectivity index (χ0v) is 14.5. The number of hydrogen-bond donors (Lipinski definition) is 1. The van der Waals surface area contributed by atoms with Crippen molar-refractivity contribution in [1.82, 2.24) is 4.90 Å². The highest BCUT2D eigenvalue weighted by atomic mass is 16.6. The van der Waals surface area contributed by atoms with Crippen LogP contribution in [0.1, 0.15) is 24.0 Å². The van der Waals surface area contributed by atoms with E-state index >= 15 is 0 Å². The van der Waals surface area contributed by atoms with Crippen LogP contribution in [0.25, 0.3) is 0 Å². The molecule has 0 spiro atoms. The van der Waals surface area contributed by atoms with Crippen molar-refractivity contribution in [2.24, 2.45) is 0 Å². The Balaban J connectivity index is 1.65. The van der Waals surface area contributed by atoms with Gasteiger partial charge in [-0.05, 0) is 36.6 Å². The van der Waals surface area contributed by atoms with Gasteiger partial charge in [0.25, 0.3) is 0 Å². The molecule has 0 aliphatic carbocycles. The van der Waals surface area contributed by atoms with E-state index in [0.29, 0.717) is 5.69 Å². The maximum atomic E-state index is 12.5. The molecular weight excluding hydrogens is 332 g/mol. The summed E-state index contributed by atoms with van der Waals surface area (Å²) in [6, 6.07) is 15.7. The minimum atomic E-state index is -0.855. The summed E-state index contributed by atoms with van der Waals surface area (Å²) < 4.78 is 5.22. The van der Waals surface area contributed by atoms with Crippen molar-refractivity contribution >= 4 is 23.6 Å². The van der Waals surface area contributed by atoms with Crippen molar-refractivity contribution in [1.29, 1.82) is 0 Å². The van der Waals surface area contributed by atoms with E-state index in [-0.39, 0.29) is 19.4 Å². The minimum Gasteiger partial charge on any atom is -0.444 e. The molecule has 1 aliphatic heterocycles. The summed E-state index contributed by atoms with van der Waals surface area (Å²) >= 11 is 0. The summed E-state index contributed by atoms with van der Waals surface area (Å²) in [5.74, 6) is -0.787. The Morgan fingerprint density at radius 1 is 1.15 bits per heavy atom. The van der Waals surface area contributed by atoms with Crippen LogP contribution in [0.4, 0.5) is 10.5 Å². The van der Waals surface area contributed by atoms with E-state index < -0.39 is 23.9 Å². The fourth-order valence-electron chi connectivity index (χ4n) is 2.90. The quantitative estimate of drug-likeness (QED) is 0.916. The largest absolute Gasteiger partial charge is 0.444 e. The summed E-state index contributed by atoms with van der Waals surface area (Å²) in [5, 5.41) is 2.76. The first-order chi connectivity index (χ1) is 12.5. The fraction of sp³-hybridized carbons (Fsp3) is 0.250. The number of imide groups is 1. The second-order valence-electron chi connectivity index (χ2n) is 6.22. The minimum absolute atomic E-state index is 0.0513. The topological polar surface area (TPSA) is 75.7 Å². The average Bonchev–Trinajstić information content (AvgIpc) is 3.02. The number of ether oxygens (including phenoxy) is 1. The molecule has 1 fully saturated rings. The molecule has 2 aromatic rings. The predicted octanol–water partition coefficient (Wildman–Crippen LogP) is 3.26. The Morgan fingerprint density at radius 2 is 1.92 bits per heavy atom. The lowest BCUT2D eigenvalue weighted by atomic mass is 10.2. The lowest BCUT2D eigenvalue weighted by Gasteiger charge is -2.21. The maximum Gasteiger partial charge on any atom is 0.417 e. The molecule has 0 unspecified atom stereocenters. The molecular formula is C20H20N2O4. The molecule has 1 heterocycles. The zero-order valence-electron chi connectivity index (χ0n) is 14.5. The number of benzene rings is 2. The molecule has 2 aromatic carbocycles. The molecule has 0 radical (unpaired) electrons. The van der Waals surface area contributed by atoms with Crippen molar-refractivity contribution < 1.29 is 19.1 Å². The van der Waals surface area contributed by atoms with Gasteiger partial charge in [0.15, 0.2) is 0 Å². The number of hydrogen-bond acceptors (Lipinski definition) is 4. The Kier molecular flexibility index (Phi) is 5.31. The number of carbonyl (C=O) groups is 3. The zero-order chi connectivity index (χ0) is 18.5. The standard InChI is InChI=1S/C20H20N2O4/c1-14-6-5-9-16(12-14)21-19(24)17-10-11-18(23)22(17)20(25)26-13-15-7-3-2-4-8-15/h2-9,12,17H,10-11,13H2,1H3,(H,21,24)/t17-/m0/s1. The van der Waals surface area contributed by atoms with Gasteiger partial charge in [-0.15, -0.1) is 0 Å². The summed E-state index contributed by atoms with van der Waals surface area (Å²) in [7, 11) is 0. The molecule has 0 bridgehead atoms. The number of nitrogens with zero attached hydrogens (tertiary/aromatic N) is 1. The third-order valence-electron chi connectivity index (χ3n) is 4.20. The second-order valence-corrected chi connectivity index (χ2v) is 6.22. The summed E-state index contributed by atoms with van der Waals surface area (Å²) in [6.45, 7) is 1.97. The predicted molar refractivity (Wildman–Crippen MR) is 96.3 cm³/mol. The third-order valence-corrected chi connectivity index (χ3v) is 4.20. The number of carbonyl (C=O) groups excluding carboxylic acids is 3. The smallest absolute Gasteiger partial charge is 0.417 e. The van der Waals surface area contributed by atoms with E-state index in [9.17, 15) is 14.4 Å². The van der Waals surface area contributed by atoms with Crippen molar-refractivity contribution in [3.05, 3.63) is 65.7 Å². The first-order valence-corrected chi connectivity index (χ1v) is 8.45. The number of rotatable bonds is 4. The summed E-state index contributed by atoms with van der Waals surface area (Å²) in [4.78, 5) is 37.9. The van der Waals surface area contributed by atoms with Crippen LogP contribution in [0.3, 0.4) is 0 Å². The van der Waals surface area contributed by atoms with Gasteiger partial charge in [0.1, 0.15) is 12.6 Å². The first kappa shape index (κ1) is 17.7. The Hall–Kier alpha value is -3.15. The van der Waals surface area contributed by atoms with E-state index in [4.69, 9.17) is 4.74 Å². The SMILES string of the molecule is Cc1cccc(NC(=O)[C@@H]2CCC(=O)N2C(=O)OCc2ccccc2)c1. The number of nitrogens with one attached hydrogen (secondary N) is 1.